The minimum Gasteiger partial charge on any atom is -0.313 e. The monoisotopic (exact) mass is 312 g/mol. The SMILES string of the molecule is CN1C(=O)CN=C(c2ccc(C=O)cc2)c2cc(Cl)ccc21. The standard InChI is InChI=1S/C17H13ClN2O2/c1-20-15-7-6-13(18)8-14(15)17(19-9-16(20)22)12-4-2-11(10-21)3-5-12/h2-8,10H,9H2,1H3. The fourth-order valence-corrected chi connectivity index (χ4v) is 2.60. The van der Waals surface area contributed by atoms with Crippen LogP contribution in [0.3, 0.4) is 0 Å². The zero-order valence-corrected chi connectivity index (χ0v) is 12.7. The van der Waals surface area contributed by atoms with Gasteiger partial charge in [-0.2, -0.15) is 0 Å². The summed E-state index contributed by atoms with van der Waals surface area (Å²) in [4.78, 5) is 28.9. The Morgan fingerprint density at radius 2 is 1.91 bits per heavy atom. The Kier molecular flexibility index (Phi) is 3.77. The first kappa shape index (κ1) is 14.5. The van der Waals surface area contributed by atoms with Crippen LogP contribution in [0.15, 0.2) is 47.5 Å². The normalized spacial score (nSPS) is 14.2. The van der Waals surface area contributed by atoms with Gasteiger partial charge < -0.3 is 4.90 Å². The fourth-order valence-electron chi connectivity index (χ4n) is 2.43. The molecule has 0 saturated heterocycles. The van der Waals surface area contributed by atoms with Crippen molar-refractivity contribution in [1.29, 1.82) is 0 Å². The Balaban J connectivity index is 2.17. The van der Waals surface area contributed by atoms with Gasteiger partial charge in [0.15, 0.2) is 0 Å². The lowest BCUT2D eigenvalue weighted by Gasteiger charge is -2.18. The number of rotatable bonds is 2. The van der Waals surface area contributed by atoms with Crippen LogP contribution in [0.1, 0.15) is 21.5 Å². The van der Waals surface area contributed by atoms with Crippen LogP contribution in [0.25, 0.3) is 0 Å². The third-order valence-electron chi connectivity index (χ3n) is 3.64. The highest BCUT2D eigenvalue weighted by atomic mass is 35.5. The van der Waals surface area contributed by atoms with E-state index in [2.05, 4.69) is 4.99 Å². The molecule has 110 valence electrons. The highest BCUT2D eigenvalue weighted by Gasteiger charge is 2.22. The van der Waals surface area contributed by atoms with E-state index in [-0.39, 0.29) is 12.5 Å². The number of carbonyl (C=O) groups excluding carboxylic acids is 2. The largest absolute Gasteiger partial charge is 0.313 e. The van der Waals surface area contributed by atoms with Crippen molar-refractivity contribution in [3.05, 3.63) is 64.2 Å². The van der Waals surface area contributed by atoms with Crippen molar-refractivity contribution >= 4 is 35.2 Å². The molecule has 1 amide bonds. The first-order valence-corrected chi connectivity index (χ1v) is 7.14. The molecule has 5 heteroatoms. The zero-order chi connectivity index (χ0) is 15.7. The van der Waals surface area contributed by atoms with Gasteiger partial charge in [-0.15, -0.1) is 0 Å². The first-order chi connectivity index (χ1) is 10.6. The minimum absolute atomic E-state index is 0.0769. The van der Waals surface area contributed by atoms with E-state index in [1.807, 2.05) is 18.2 Å². The number of aliphatic imine (C=N–C) groups is 1. The highest BCUT2D eigenvalue weighted by molar-refractivity contribution is 6.32. The molecule has 2 aromatic carbocycles. The van der Waals surface area contributed by atoms with Crippen molar-refractivity contribution < 1.29 is 9.59 Å². The predicted octanol–water partition coefficient (Wildman–Crippen LogP) is 2.97. The lowest BCUT2D eigenvalue weighted by atomic mass is 9.99. The van der Waals surface area contributed by atoms with Crippen LogP contribution >= 0.6 is 11.6 Å². The Morgan fingerprint density at radius 1 is 1.18 bits per heavy atom. The molecule has 0 radical (unpaired) electrons. The number of amides is 1. The number of hydrogen-bond donors (Lipinski definition) is 0. The summed E-state index contributed by atoms with van der Waals surface area (Å²) in [6.07, 6.45) is 0.792. The predicted molar refractivity (Wildman–Crippen MR) is 87.2 cm³/mol. The van der Waals surface area contributed by atoms with Crippen molar-refractivity contribution in [2.24, 2.45) is 4.99 Å². The molecule has 0 N–H and O–H groups in total. The lowest BCUT2D eigenvalue weighted by Crippen LogP contribution is -2.27. The van der Waals surface area contributed by atoms with Gasteiger partial charge >= 0.3 is 0 Å². The molecule has 1 aliphatic heterocycles. The molecule has 0 saturated carbocycles. The summed E-state index contributed by atoms with van der Waals surface area (Å²) in [6.45, 7) is 0.0769. The van der Waals surface area contributed by atoms with E-state index in [4.69, 9.17) is 11.6 Å². The van der Waals surface area contributed by atoms with Crippen LogP contribution in [-0.2, 0) is 4.79 Å². The number of benzodiazepines with no additional fused rings is 1. The van der Waals surface area contributed by atoms with Gasteiger partial charge in [-0.05, 0) is 18.2 Å². The number of benzene rings is 2. The van der Waals surface area contributed by atoms with E-state index in [1.54, 1.807) is 36.2 Å². The summed E-state index contributed by atoms with van der Waals surface area (Å²) in [5.41, 5.74) is 3.71. The molecule has 2 aromatic rings. The number of carbonyl (C=O) groups is 2. The number of fused-ring (bicyclic) bond motifs is 1. The van der Waals surface area contributed by atoms with E-state index < -0.39 is 0 Å². The summed E-state index contributed by atoms with van der Waals surface area (Å²) >= 11 is 6.11. The van der Waals surface area contributed by atoms with Crippen LogP contribution in [0.2, 0.25) is 5.02 Å². The van der Waals surface area contributed by atoms with Crippen LogP contribution in [-0.4, -0.2) is 31.5 Å². The first-order valence-electron chi connectivity index (χ1n) is 6.76. The number of anilines is 1. The van der Waals surface area contributed by atoms with Gasteiger partial charge in [0, 0.05) is 28.8 Å². The van der Waals surface area contributed by atoms with Gasteiger partial charge in [0.2, 0.25) is 5.91 Å². The van der Waals surface area contributed by atoms with Gasteiger partial charge in [0.25, 0.3) is 0 Å². The van der Waals surface area contributed by atoms with Gasteiger partial charge in [0.1, 0.15) is 12.8 Å². The average molecular weight is 313 g/mol. The van der Waals surface area contributed by atoms with E-state index in [9.17, 15) is 9.59 Å². The van der Waals surface area contributed by atoms with Crippen molar-refractivity contribution in [2.75, 3.05) is 18.5 Å². The molecule has 0 atom stereocenters. The van der Waals surface area contributed by atoms with E-state index in [0.29, 0.717) is 16.3 Å². The summed E-state index contributed by atoms with van der Waals surface area (Å²) in [7, 11) is 1.73. The number of likely N-dealkylation sites (N-methyl/N-ethyl adjacent to an activating group) is 1. The van der Waals surface area contributed by atoms with E-state index in [0.717, 1.165) is 23.1 Å². The number of aldehydes is 1. The molecular weight excluding hydrogens is 300 g/mol. The average Bonchev–Trinajstić information content (AvgIpc) is 2.65. The van der Waals surface area contributed by atoms with E-state index in [1.165, 1.54) is 0 Å². The Labute approximate surface area is 133 Å². The molecule has 3 rings (SSSR count). The molecule has 1 heterocycles. The number of nitrogens with zero attached hydrogens (tertiary/aromatic N) is 2. The third-order valence-corrected chi connectivity index (χ3v) is 3.88. The molecule has 0 unspecified atom stereocenters. The van der Waals surface area contributed by atoms with E-state index >= 15 is 0 Å². The molecule has 0 fully saturated rings. The van der Waals surface area contributed by atoms with Crippen LogP contribution in [0, 0.1) is 0 Å². The quantitative estimate of drug-likeness (QED) is 0.800. The van der Waals surface area contributed by atoms with Gasteiger partial charge in [-0.3, -0.25) is 14.6 Å². The van der Waals surface area contributed by atoms with Crippen LogP contribution in [0.5, 0.6) is 0 Å². The second-order valence-corrected chi connectivity index (χ2v) is 5.46. The van der Waals surface area contributed by atoms with Crippen LogP contribution in [0.4, 0.5) is 5.69 Å². The summed E-state index contributed by atoms with van der Waals surface area (Å²) in [5, 5.41) is 0.582. The lowest BCUT2D eigenvalue weighted by molar-refractivity contribution is -0.116. The molecule has 0 aliphatic carbocycles. The minimum atomic E-state index is -0.0805. The topological polar surface area (TPSA) is 49.7 Å². The smallest absolute Gasteiger partial charge is 0.248 e. The second-order valence-electron chi connectivity index (χ2n) is 5.02. The maximum absolute atomic E-state index is 12.1. The molecule has 22 heavy (non-hydrogen) atoms. The Hall–Kier alpha value is -2.46. The second kappa shape index (κ2) is 5.73. The van der Waals surface area contributed by atoms with Gasteiger partial charge in [0.05, 0.1) is 11.4 Å². The van der Waals surface area contributed by atoms with Crippen molar-refractivity contribution in [2.45, 2.75) is 0 Å². The molecule has 0 aromatic heterocycles. The highest BCUT2D eigenvalue weighted by Crippen LogP contribution is 2.28. The summed E-state index contributed by atoms with van der Waals surface area (Å²) < 4.78 is 0. The van der Waals surface area contributed by atoms with Gasteiger partial charge in [-0.1, -0.05) is 35.9 Å². The van der Waals surface area contributed by atoms with Crippen molar-refractivity contribution in [3.8, 4) is 0 Å². The van der Waals surface area contributed by atoms with Crippen molar-refractivity contribution in [3.63, 3.8) is 0 Å². The number of halogens is 1. The number of hydrogen-bond acceptors (Lipinski definition) is 3. The maximum Gasteiger partial charge on any atom is 0.248 e. The Bertz CT molecular complexity index is 782. The summed E-state index contributed by atoms with van der Waals surface area (Å²) in [5.74, 6) is -0.0805. The molecule has 4 nitrogen and oxygen atoms in total. The Morgan fingerprint density at radius 3 is 2.59 bits per heavy atom. The fraction of sp³-hybridized carbons (Fsp3) is 0.118. The molecule has 0 spiro atoms. The third kappa shape index (κ3) is 2.53. The van der Waals surface area contributed by atoms with Crippen LogP contribution < -0.4 is 4.90 Å². The van der Waals surface area contributed by atoms with Gasteiger partial charge in [-0.25, -0.2) is 0 Å². The zero-order valence-electron chi connectivity index (χ0n) is 11.9. The summed E-state index contributed by atoms with van der Waals surface area (Å²) in [6, 6.07) is 12.5. The molecule has 0 bridgehead atoms. The van der Waals surface area contributed by atoms with Crippen molar-refractivity contribution in [1.82, 2.24) is 0 Å². The molecular formula is C17H13ClN2O2. The molecule has 1 aliphatic rings. The maximum atomic E-state index is 12.1.